The SMILES string of the molecule is Cc1ncsc1-c1ccc([C@H](C)NC(=O)[C@@H]2C[C@@H](O)CN2C(=O)C(NC(=O)CCCCCCCCCCC=O)C(C)(C)C)cc1. The molecule has 2 aromatic rings. The third-order valence-corrected chi connectivity index (χ3v) is 9.51. The van der Waals surface area contributed by atoms with Crippen LogP contribution in [0.4, 0.5) is 0 Å². The van der Waals surface area contributed by atoms with Gasteiger partial charge < -0.3 is 25.4 Å². The first-order chi connectivity index (χ1) is 21.4. The van der Waals surface area contributed by atoms with Crippen molar-refractivity contribution in [3.05, 3.63) is 41.0 Å². The summed E-state index contributed by atoms with van der Waals surface area (Å²) in [6, 6.07) is 6.05. The quantitative estimate of drug-likeness (QED) is 0.146. The van der Waals surface area contributed by atoms with Crippen LogP contribution in [0, 0.1) is 12.3 Å². The number of unbranched alkanes of at least 4 members (excludes halogenated alkanes) is 8. The molecular formula is C35H52N4O5S. The van der Waals surface area contributed by atoms with E-state index >= 15 is 0 Å². The van der Waals surface area contributed by atoms with Crippen LogP contribution in [-0.4, -0.2) is 63.7 Å². The molecule has 1 saturated heterocycles. The summed E-state index contributed by atoms with van der Waals surface area (Å²) >= 11 is 1.59. The number of carbonyl (C=O) groups is 4. The minimum Gasteiger partial charge on any atom is -0.391 e. The minimum atomic E-state index is -0.825. The van der Waals surface area contributed by atoms with Crippen molar-refractivity contribution in [1.82, 2.24) is 20.5 Å². The van der Waals surface area contributed by atoms with Gasteiger partial charge in [-0.3, -0.25) is 14.4 Å². The molecule has 1 aliphatic heterocycles. The Kier molecular flexibility index (Phi) is 14.2. The zero-order chi connectivity index (χ0) is 33.0. The van der Waals surface area contributed by atoms with Gasteiger partial charge in [0.15, 0.2) is 0 Å². The van der Waals surface area contributed by atoms with Crippen molar-refractivity contribution in [2.24, 2.45) is 5.41 Å². The molecule has 3 amide bonds. The number of thiazole rings is 1. The lowest BCUT2D eigenvalue weighted by Gasteiger charge is -2.35. The summed E-state index contributed by atoms with van der Waals surface area (Å²) in [6.45, 7) is 9.61. The van der Waals surface area contributed by atoms with Gasteiger partial charge in [0, 0.05) is 25.8 Å². The Balaban J connectivity index is 1.53. The molecule has 1 unspecified atom stereocenters. The zero-order valence-electron chi connectivity index (χ0n) is 27.6. The number of carbonyl (C=O) groups excluding carboxylic acids is 4. The van der Waals surface area contributed by atoms with E-state index in [0.717, 1.165) is 79.4 Å². The highest BCUT2D eigenvalue weighted by molar-refractivity contribution is 7.13. The van der Waals surface area contributed by atoms with Crippen molar-refractivity contribution in [2.45, 2.75) is 129 Å². The van der Waals surface area contributed by atoms with Gasteiger partial charge >= 0.3 is 0 Å². The van der Waals surface area contributed by atoms with Gasteiger partial charge in [-0.05, 0) is 43.2 Å². The highest BCUT2D eigenvalue weighted by atomic mass is 32.1. The molecule has 9 nitrogen and oxygen atoms in total. The zero-order valence-corrected chi connectivity index (χ0v) is 28.5. The van der Waals surface area contributed by atoms with Crippen molar-refractivity contribution in [2.75, 3.05) is 6.54 Å². The first-order valence-corrected chi connectivity index (χ1v) is 17.3. The summed E-state index contributed by atoms with van der Waals surface area (Å²) in [7, 11) is 0. The lowest BCUT2D eigenvalue weighted by atomic mass is 9.85. The number of hydrogen-bond acceptors (Lipinski definition) is 7. The average molecular weight is 641 g/mol. The second-order valence-electron chi connectivity index (χ2n) is 13.4. The van der Waals surface area contributed by atoms with E-state index in [2.05, 4.69) is 15.6 Å². The number of β-amino-alcohol motifs (C(OH)–C–C–N with tert-alkyl or cyclic N) is 1. The monoisotopic (exact) mass is 640 g/mol. The summed E-state index contributed by atoms with van der Waals surface area (Å²) in [4.78, 5) is 57.5. The third-order valence-electron chi connectivity index (χ3n) is 8.54. The normalized spacial score (nSPS) is 18.0. The van der Waals surface area contributed by atoms with E-state index in [1.807, 2.05) is 64.4 Å². The molecule has 45 heavy (non-hydrogen) atoms. The molecule has 0 radical (unpaired) electrons. The minimum absolute atomic E-state index is 0.0474. The fraction of sp³-hybridized carbons (Fsp3) is 0.629. The molecule has 0 spiro atoms. The molecule has 1 aromatic carbocycles. The number of hydrogen-bond donors (Lipinski definition) is 3. The summed E-state index contributed by atoms with van der Waals surface area (Å²) in [5, 5.41) is 16.5. The maximum Gasteiger partial charge on any atom is 0.246 e. The van der Waals surface area contributed by atoms with Gasteiger partial charge in [0.1, 0.15) is 18.4 Å². The summed E-state index contributed by atoms with van der Waals surface area (Å²) in [6.07, 6.45) is 9.46. The van der Waals surface area contributed by atoms with Gasteiger partial charge in [0.25, 0.3) is 0 Å². The van der Waals surface area contributed by atoms with E-state index in [4.69, 9.17) is 0 Å². The average Bonchev–Trinajstić information content (AvgIpc) is 3.61. The summed E-state index contributed by atoms with van der Waals surface area (Å²) in [5.41, 5.74) is 4.22. The fourth-order valence-electron chi connectivity index (χ4n) is 5.82. The molecule has 1 aliphatic rings. The smallest absolute Gasteiger partial charge is 0.246 e. The summed E-state index contributed by atoms with van der Waals surface area (Å²) < 4.78 is 0. The standard InChI is InChI=1S/C35H52N4O5S/c1-24(26-16-18-27(19-17-26)31-25(2)36-23-45-31)37-33(43)29-21-28(41)22-39(29)34(44)32(35(3,4)5)38-30(42)15-13-11-9-7-6-8-10-12-14-20-40/h16-20,23-24,28-29,32,41H,6-15,21-22H2,1-5H3,(H,37,43)(H,38,42)/t24-,28+,29-,32?/m0/s1. The first kappa shape index (κ1) is 36.4. The highest BCUT2D eigenvalue weighted by Crippen LogP contribution is 2.29. The lowest BCUT2D eigenvalue weighted by molar-refractivity contribution is -0.144. The van der Waals surface area contributed by atoms with Crippen molar-refractivity contribution in [3.8, 4) is 10.4 Å². The van der Waals surface area contributed by atoms with E-state index < -0.39 is 23.6 Å². The van der Waals surface area contributed by atoms with Crippen molar-refractivity contribution < 1.29 is 24.3 Å². The van der Waals surface area contributed by atoms with Crippen LogP contribution in [-0.2, 0) is 19.2 Å². The number of amides is 3. The Labute approximate surface area is 272 Å². The molecule has 1 aromatic heterocycles. The van der Waals surface area contributed by atoms with Gasteiger partial charge in [-0.1, -0.05) is 83.6 Å². The van der Waals surface area contributed by atoms with Gasteiger partial charge in [-0.15, -0.1) is 11.3 Å². The molecule has 3 rings (SSSR count). The van der Waals surface area contributed by atoms with Gasteiger partial charge in [0.05, 0.1) is 28.2 Å². The number of likely N-dealkylation sites (tertiary alicyclic amines) is 1. The van der Waals surface area contributed by atoms with Crippen LogP contribution in [0.1, 0.15) is 116 Å². The molecule has 10 heteroatoms. The van der Waals surface area contributed by atoms with Crippen LogP contribution in [0.15, 0.2) is 29.8 Å². The number of aliphatic hydroxyl groups excluding tert-OH is 1. The highest BCUT2D eigenvalue weighted by Gasteiger charge is 2.44. The molecule has 0 saturated carbocycles. The molecule has 1 fully saturated rings. The van der Waals surface area contributed by atoms with Crippen molar-refractivity contribution in [1.29, 1.82) is 0 Å². The molecule has 248 valence electrons. The van der Waals surface area contributed by atoms with E-state index in [-0.39, 0.29) is 36.7 Å². The molecule has 0 aliphatic carbocycles. The Morgan fingerprint density at radius 3 is 2.22 bits per heavy atom. The van der Waals surface area contributed by atoms with Crippen molar-refractivity contribution >= 4 is 35.3 Å². The Hall–Kier alpha value is -3.11. The molecule has 0 bridgehead atoms. The van der Waals surface area contributed by atoms with Crippen LogP contribution in [0.5, 0.6) is 0 Å². The van der Waals surface area contributed by atoms with Crippen molar-refractivity contribution in [3.63, 3.8) is 0 Å². The van der Waals surface area contributed by atoms with Crippen LogP contribution >= 0.6 is 11.3 Å². The number of aldehydes is 1. The van der Waals surface area contributed by atoms with Crippen LogP contribution in [0.2, 0.25) is 0 Å². The maximum atomic E-state index is 13.9. The number of nitrogens with one attached hydrogen (secondary N) is 2. The molecule has 3 N–H and O–H groups in total. The Morgan fingerprint density at radius 1 is 1.02 bits per heavy atom. The van der Waals surface area contributed by atoms with Gasteiger partial charge in [-0.2, -0.15) is 0 Å². The molecule has 4 atom stereocenters. The third kappa shape index (κ3) is 11.0. The molecular weight excluding hydrogens is 588 g/mol. The Bertz CT molecular complexity index is 1260. The van der Waals surface area contributed by atoms with Crippen LogP contribution < -0.4 is 10.6 Å². The second kappa shape index (κ2) is 17.5. The molecule has 2 heterocycles. The van der Waals surface area contributed by atoms with E-state index in [0.29, 0.717) is 12.8 Å². The maximum absolute atomic E-state index is 13.9. The number of aryl methyl sites for hydroxylation is 1. The number of nitrogens with zero attached hydrogens (tertiary/aromatic N) is 2. The number of aromatic nitrogens is 1. The Morgan fingerprint density at radius 2 is 1.64 bits per heavy atom. The topological polar surface area (TPSA) is 129 Å². The van der Waals surface area contributed by atoms with Gasteiger partial charge in [-0.25, -0.2) is 4.98 Å². The summed E-state index contributed by atoms with van der Waals surface area (Å²) in [5.74, 6) is -0.847. The van der Waals surface area contributed by atoms with E-state index in [9.17, 15) is 24.3 Å². The van der Waals surface area contributed by atoms with Crippen LogP contribution in [0.25, 0.3) is 10.4 Å². The lowest BCUT2D eigenvalue weighted by Crippen LogP contribution is -2.57. The largest absolute Gasteiger partial charge is 0.391 e. The van der Waals surface area contributed by atoms with E-state index in [1.54, 1.807) is 11.3 Å². The van der Waals surface area contributed by atoms with Gasteiger partial charge in [0.2, 0.25) is 17.7 Å². The number of aliphatic hydroxyl groups is 1. The predicted octanol–water partition coefficient (Wildman–Crippen LogP) is 5.89. The number of rotatable bonds is 17. The second-order valence-corrected chi connectivity index (χ2v) is 14.3. The fourth-order valence-corrected chi connectivity index (χ4v) is 6.63. The predicted molar refractivity (Wildman–Crippen MR) is 179 cm³/mol. The van der Waals surface area contributed by atoms with E-state index in [1.165, 1.54) is 4.90 Å². The first-order valence-electron chi connectivity index (χ1n) is 16.4. The number of benzene rings is 1. The van der Waals surface area contributed by atoms with Crippen LogP contribution in [0.3, 0.4) is 0 Å².